The van der Waals surface area contributed by atoms with Crippen LogP contribution in [0.15, 0.2) is 0 Å². The number of aliphatic hydroxyl groups is 1. The minimum atomic E-state index is -0.196. The van der Waals surface area contributed by atoms with Gasteiger partial charge in [-0.05, 0) is 24.3 Å². The van der Waals surface area contributed by atoms with Crippen LogP contribution in [0.3, 0.4) is 0 Å². The van der Waals surface area contributed by atoms with Gasteiger partial charge in [0.05, 0.1) is 6.10 Å². The molecule has 1 aliphatic heterocycles. The highest BCUT2D eigenvalue weighted by Gasteiger charge is 2.28. The number of likely N-dealkylation sites (tertiary alicyclic amines) is 1. The Labute approximate surface area is 88.3 Å². The molecule has 0 spiro atoms. The minimum absolute atomic E-state index is 0.0182. The molecule has 1 N–H and O–H groups in total. The molecule has 1 rings (SSSR count). The third-order valence-electron chi connectivity index (χ3n) is 3.38. The summed E-state index contributed by atoms with van der Waals surface area (Å²) in [4.78, 5) is 2.41. The lowest BCUT2D eigenvalue weighted by Crippen LogP contribution is -2.38. The van der Waals surface area contributed by atoms with Crippen molar-refractivity contribution in [1.82, 2.24) is 4.90 Å². The van der Waals surface area contributed by atoms with E-state index in [0.717, 1.165) is 12.5 Å². The summed E-state index contributed by atoms with van der Waals surface area (Å²) in [5.41, 5.74) is 0.0182. The van der Waals surface area contributed by atoms with Gasteiger partial charge in [0.25, 0.3) is 0 Å². The third kappa shape index (κ3) is 3.25. The van der Waals surface area contributed by atoms with Crippen LogP contribution in [-0.4, -0.2) is 35.7 Å². The van der Waals surface area contributed by atoms with E-state index in [1.807, 2.05) is 0 Å². The maximum absolute atomic E-state index is 9.96. The summed E-state index contributed by atoms with van der Waals surface area (Å²) in [5.74, 6) is 0.863. The van der Waals surface area contributed by atoms with Gasteiger partial charge in [-0.15, -0.1) is 0 Å². The first-order valence-electron chi connectivity index (χ1n) is 5.84. The Bertz CT molecular complexity index is 174. The van der Waals surface area contributed by atoms with Crippen LogP contribution in [0.4, 0.5) is 0 Å². The van der Waals surface area contributed by atoms with E-state index in [4.69, 9.17) is 0 Å². The van der Waals surface area contributed by atoms with Gasteiger partial charge in [-0.1, -0.05) is 34.1 Å². The summed E-state index contributed by atoms with van der Waals surface area (Å²) in [6.45, 7) is 11.8. The highest BCUT2D eigenvalue weighted by Crippen LogP contribution is 2.24. The molecule has 0 aromatic carbocycles. The molecule has 1 fully saturated rings. The Morgan fingerprint density at radius 2 is 2.07 bits per heavy atom. The van der Waals surface area contributed by atoms with E-state index in [1.165, 1.54) is 25.9 Å². The van der Waals surface area contributed by atoms with Crippen LogP contribution in [0.25, 0.3) is 0 Å². The smallest absolute Gasteiger partial charge is 0.0715 e. The van der Waals surface area contributed by atoms with Crippen molar-refractivity contribution in [3.05, 3.63) is 0 Å². The van der Waals surface area contributed by atoms with Gasteiger partial charge < -0.3 is 10.0 Å². The first-order valence-corrected chi connectivity index (χ1v) is 5.84. The zero-order valence-electron chi connectivity index (χ0n) is 10.1. The summed E-state index contributed by atoms with van der Waals surface area (Å²) < 4.78 is 0. The molecule has 0 radical (unpaired) electrons. The molecular weight excluding hydrogens is 174 g/mol. The van der Waals surface area contributed by atoms with Crippen molar-refractivity contribution in [1.29, 1.82) is 0 Å². The molecule has 0 amide bonds. The lowest BCUT2D eigenvalue weighted by Gasteiger charge is -2.29. The van der Waals surface area contributed by atoms with Crippen molar-refractivity contribution < 1.29 is 5.11 Å². The lowest BCUT2D eigenvalue weighted by molar-refractivity contribution is 0.0336. The largest absolute Gasteiger partial charge is 0.391 e. The third-order valence-corrected chi connectivity index (χ3v) is 3.38. The summed E-state index contributed by atoms with van der Waals surface area (Å²) in [5, 5.41) is 9.96. The summed E-state index contributed by atoms with van der Waals surface area (Å²) in [6.07, 6.45) is 2.40. The van der Waals surface area contributed by atoms with Crippen LogP contribution >= 0.6 is 0 Å². The SMILES string of the molecule is CCC1CCN(CC(O)C(C)(C)C)C1. The van der Waals surface area contributed by atoms with Crippen LogP contribution in [0, 0.1) is 11.3 Å². The molecule has 2 unspecified atom stereocenters. The Kier molecular flexibility index (Phi) is 3.96. The molecule has 1 saturated heterocycles. The number of rotatable bonds is 3. The van der Waals surface area contributed by atoms with Gasteiger partial charge >= 0.3 is 0 Å². The summed E-state index contributed by atoms with van der Waals surface area (Å²) in [7, 11) is 0. The van der Waals surface area contributed by atoms with Gasteiger partial charge in [0.15, 0.2) is 0 Å². The highest BCUT2D eigenvalue weighted by molar-refractivity contribution is 4.81. The molecular formula is C12H25NO. The highest BCUT2D eigenvalue weighted by atomic mass is 16.3. The molecule has 0 aromatic rings. The van der Waals surface area contributed by atoms with Gasteiger partial charge in [0, 0.05) is 13.1 Å². The van der Waals surface area contributed by atoms with E-state index in [2.05, 4.69) is 32.6 Å². The zero-order chi connectivity index (χ0) is 10.8. The van der Waals surface area contributed by atoms with E-state index in [-0.39, 0.29) is 11.5 Å². The standard InChI is InChI=1S/C12H25NO/c1-5-10-6-7-13(8-10)9-11(14)12(2,3)4/h10-11,14H,5-9H2,1-4H3. The first kappa shape index (κ1) is 12.0. The van der Waals surface area contributed by atoms with Crippen LogP contribution < -0.4 is 0 Å². The Morgan fingerprint density at radius 1 is 1.43 bits per heavy atom. The van der Waals surface area contributed by atoms with Crippen molar-refractivity contribution in [2.24, 2.45) is 11.3 Å². The molecule has 2 heteroatoms. The normalized spacial score (nSPS) is 26.8. The second kappa shape index (κ2) is 4.63. The van der Waals surface area contributed by atoms with Crippen molar-refractivity contribution in [2.45, 2.75) is 46.6 Å². The van der Waals surface area contributed by atoms with Crippen molar-refractivity contribution in [2.75, 3.05) is 19.6 Å². The number of nitrogens with zero attached hydrogens (tertiary/aromatic N) is 1. The van der Waals surface area contributed by atoms with E-state index < -0.39 is 0 Å². The van der Waals surface area contributed by atoms with E-state index >= 15 is 0 Å². The van der Waals surface area contributed by atoms with Crippen LogP contribution in [-0.2, 0) is 0 Å². The molecule has 0 aliphatic carbocycles. The van der Waals surface area contributed by atoms with Crippen LogP contribution in [0.2, 0.25) is 0 Å². The topological polar surface area (TPSA) is 23.5 Å². The van der Waals surface area contributed by atoms with Gasteiger partial charge in [0.2, 0.25) is 0 Å². The second-order valence-electron chi connectivity index (χ2n) is 5.70. The molecule has 0 aromatic heterocycles. The number of aliphatic hydroxyl groups excluding tert-OH is 1. The average molecular weight is 199 g/mol. The molecule has 2 nitrogen and oxygen atoms in total. The van der Waals surface area contributed by atoms with Gasteiger partial charge in [-0.25, -0.2) is 0 Å². The quantitative estimate of drug-likeness (QED) is 0.752. The first-order chi connectivity index (χ1) is 6.43. The molecule has 84 valence electrons. The Balaban J connectivity index is 2.32. The van der Waals surface area contributed by atoms with Gasteiger partial charge in [0.1, 0.15) is 0 Å². The average Bonchev–Trinajstić information content (AvgIpc) is 2.50. The van der Waals surface area contributed by atoms with E-state index in [0.29, 0.717) is 0 Å². The fourth-order valence-electron chi connectivity index (χ4n) is 1.93. The zero-order valence-corrected chi connectivity index (χ0v) is 10.1. The predicted molar refractivity (Wildman–Crippen MR) is 60.3 cm³/mol. The number of β-amino-alcohol motifs (C(OH)–C–C–N with tert-alkyl or cyclic N) is 1. The van der Waals surface area contributed by atoms with Gasteiger partial charge in [-0.2, -0.15) is 0 Å². The van der Waals surface area contributed by atoms with Crippen LogP contribution in [0.5, 0.6) is 0 Å². The van der Waals surface area contributed by atoms with Crippen molar-refractivity contribution in [3.8, 4) is 0 Å². The van der Waals surface area contributed by atoms with E-state index in [9.17, 15) is 5.11 Å². The number of hydrogen-bond donors (Lipinski definition) is 1. The monoisotopic (exact) mass is 199 g/mol. The van der Waals surface area contributed by atoms with Crippen molar-refractivity contribution >= 4 is 0 Å². The Morgan fingerprint density at radius 3 is 2.50 bits per heavy atom. The predicted octanol–water partition coefficient (Wildman–Crippen LogP) is 2.13. The molecule has 1 heterocycles. The second-order valence-corrected chi connectivity index (χ2v) is 5.70. The molecule has 0 saturated carbocycles. The minimum Gasteiger partial charge on any atom is -0.391 e. The maximum Gasteiger partial charge on any atom is 0.0715 e. The fourth-order valence-corrected chi connectivity index (χ4v) is 1.93. The molecule has 0 bridgehead atoms. The molecule has 14 heavy (non-hydrogen) atoms. The van der Waals surface area contributed by atoms with E-state index in [1.54, 1.807) is 0 Å². The lowest BCUT2D eigenvalue weighted by atomic mass is 9.89. The number of hydrogen-bond acceptors (Lipinski definition) is 2. The van der Waals surface area contributed by atoms with Crippen LogP contribution in [0.1, 0.15) is 40.5 Å². The van der Waals surface area contributed by atoms with Crippen molar-refractivity contribution in [3.63, 3.8) is 0 Å². The maximum atomic E-state index is 9.96. The molecule has 1 aliphatic rings. The fraction of sp³-hybridized carbons (Fsp3) is 1.00. The summed E-state index contributed by atoms with van der Waals surface area (Å²) >= 11 is 0. The molecule has 2 atom stereocenters. The van der Waals surface area contributed by atoms with Gasteiger partial charge in [-0.3, -0.25) is 0 Å². The Hall–Kier alpha value is -0.0800. The summed E-state index contributed by atoms with van der Waals surface area (Å²) in [6, 6.07) is 0.